The molecule has 0 saturated carbocycles. The molecule has 0 radical (unpaired) electrons. The first-order valence-corrected chi connectivity index (χ1v) is 8.89. The van der Waals surface area contributed by atoms with Gasteiger partial charge in [-0.2, -0.15) is 4.98 Å². The minimum absolute atomic E-state index is 0.100. The number of nitrogens with two attached hydrogens (primary N) is 1. The number of aromatic nitrogens is 5. The molecule has 0 aliphatic rings. The van der Waals surface area contributed by atoms with Crippen LogP contribution in [-0.2, 0) is 0 Å². The minimum Gasteiger partial charge on any atom is -0.378 e. The summed E-state index contributed by atoms with van der Waals surface area (Å²) in [6, 6.07) is 5.12. The normalized spacial score (nSPS) is 11.0. The highest BCUT2D eigenvalue weighted by Gasteiger charge is 2.23. The molecule has 4 rings (SSSR count). The Labute approximate surface area is 164 Å². The zero-order chi connectivity index (χ0) is 19.1. The highest BCUT2D eigenvalue weighted by atomic mass is 35.5. The summed E-state index contributed by atoms with van der Waals surface area (Å²) in [5, 5.41) is 21.1. The van der Waals surface area contributed by atoms with Crippen molar-refractivity contribution in [2.24, 2.45) is 0 Å². The molecule has 0 saturated heterocycles. The van der Waals surface area contributed by atoms with Gasteiger partial charge in [0, 0.05) is 16.0 Å². The first-order valence-electron chi connectivity index (χ1n) is 7.25. The zero-order valence-electron chi connectivity index (χ0n) is 13.1. The smallest absolute Gasteiger partial charge is 0.353 e. The molecule has 4 aromatic rings. The molecule has 1 aromatic carbocycles. The molecule has 0 amide bonds. The summed E-state index contributed by atoms with van der Waals surface area (Å²) in [7, 11) is 0. The van der Waals surface area contributed by atoms with Crippen molar-refractivity contribution >= 4 is 62.8 Å². The summed E-state index contributed by atoms with van der Waals surface area (Å²) in [5.74, 6) is -0.238. The first kappa shape index (κ1) is 17.4. The van der Waals surface area contributed by atoms with E-state index in [1.165, 1.54) is 11.3 Å². The molecule has 27 heavy (non-hydrogen) atoms. The number of hydrogen-bond donors (Lipinski definition) is 2. The van der Waals surface area contributed by atoms with Crippen molar-refractivity contribution in [3.63, 3.8) is 0 Å². The second kappa shape index (κ2) is 6.61. The molecule has 0 unspecified atom stereocenters. The van der Waals surface area contributed by atoms with Gasteiger partial charge in [0.05, 0.1) is 15.6 Å². The highest BCUT2D eigenvalue weighted by molar-refractivity contribution is 7.15. The number of nitro groups is 1. The van der Waals surface area contributed by atoms with E-state index in [-0.39, 0.29) is 17.6 Å². The molecule has 10 nitrogen and oxygen atoms in total. The SMILES string of the molecule is Nc1ncnc(Nc2nc3scc(-c4ccc(Cl)cc4Cl)n3n2)c1[N+](=O)[O-]. The van der Waals surface area contributed by atoms with Crippen LogP contribution in [0.4, 0.5) is 23.3 Å². The zero-order valence-corrected chi connectivity index (χ0v) is 15.5. The topological polar surface area (TPSA) is 137 Å². The van der Waals surface area contributed by atoms with Crippen molar-refractivity contribution in [1.82, 2.24) is 24.6 Å². The predicted molar refractivity (Wildman–Crippen MR) is 103 cm³/mol. The van der Waals surface area contributed by atoms with Gasteiger partial charge in [0.25, 0.3) is 0 Å². The molecule has 0 bridgehead atoms. The van der Waals surface area contributed by atoms with E-state index in [9.17, 15) is 10.1 Å². The Morgan fingerprint density at radius 2 is 2.11 bits per heavy atom. The molecule has 3 aromatic heterocycles. The van der Waals surface area contributed by atoms with Crippen LogP contribution < -0.4 is 11.1 Å². The van der Waals surface area contributed by atoms with E-state index in [1.807, 2.05) is 5.38 Å². The van der Waals surface area contributed by atoms with Crippen LogP contribution in [0, 0.1) is 10.1 Å². The van der Waals surface area contributed by atoms with Crippen LogP contribution in [-0.4, -0.2) is 29.5 Å². The molecular weight excluding hydrogens is 415 g/mol. The molecule has 0 aliphatic carbocycles. The third kappa shape index (κ3) is 3.12. The Kier molecular flexibility index (Phi) is 4.26. The second-order valence-electron chi connectivity index (χ2n) is 5.21. The molecule has 0 spiro atoms. The number of hydrogen-bond acceptors (Lipinski definition) is 9. The van der Waals surface area contributed by atoms with Gasteiger partial charge < -0.3 is 11.1 Å². The van der Waals surface area contributed by atoms with E-state index >= 15 is 0 Å². The number of nitrogens with one attached hydrogen (secondary N) is 1. The number of halogens is 2. The number of anilines is 3. The molecule has 3 N–H and O–H groups in total. The molecule has 0 fully saturated rings. The van der Waals surface area contributed by atoms with E-state index in [4.69, 9.17) is 28.9 Å². The number of nitrogen functional groups attached to an aromatic ring is 1. The van der Waals surface area contributed by atoms with Gasteiger partial charge in [-0.1, -0.05) is 23.2 Å². The van der Waals surface area contributed by atoms with Crippen LogP contribution >= 0.6 is 34.5 Å². The van der Waals surface area contributed by atoms with Gasteiger partial charge in [0.1, 0.15) is 6.33 Å². The average Bonchev–Trinajstić information content (AvgIpc) is 3.15. The fourth-order valence-electron chi connectivity index (χ4n) is 2.39. The molecular formula is C14H8Cl2N8O2S. The van der Waals surface area contributed by atoms with Crippen LogP contribution in [0.25, 0.3) is 16.2 Å². The Hall–Kier alpha value is -3.02. The molecule has 3 heterocycles. The van der Waals surface area contributed by atoms with E-state index in [0.717, 1.165) is 11.9 Å². The van der Waals surface area contributed by atoms with Gasteiger partial charge in [-0.3, -0.25) is 10.1 Å². The Morgan fingerprint density at radius 1 is 1.30 bits per heavy atom. The predicted octanol–water partition coefficient (Wildman–Crippen LogP) is 3.79. The minimum atomic E-state index is -0.672. The van der Waals surface area contributed by atoms with Crippen LogP contribution in [0.15, 0.2) is 29.9 Å². The van der Waals surface area contributed by atoms with Crippen LogP contribution in [0.1, 0.15) is 0 Å². The lowest BCUT2D eigenvalue weighted by Gasteiger charge is -2.04. The number of thiazole rings is 1. The van der Waals surface area contributed by atoms with Crippen molar-refractivity contribution in [1.29, 1.82) is 0 Å². The average molecular weight is 423 g/mol. The van der Waals surface area contributed by atoms with Crippen LogP contribution in [0.3, 0.4) is 0 Å². The number of rotatable bonds is 4. The molecule has 0 aliphatic heterocycles. The lowest BCUT2D eigenvalue weighted by molar-refractivity contribution is -0.383. The lowest BCUT2D eigenvalue weighted by Crippen LogP contribution is -2.05. The fourth-order valence-corrected chi connectivity index (χ4v) is 3.71. The van der Waals surface area contributed by atoms with Gasteiger partial charge >= 0.3 is 5.69 Å². The third-order valence-electron chi connectivity index (χ3n) is 3.55. The van der Waals surface area contributed by atoms with Gasteiger partial charge in [-0.05, 0) is 18.2 Å². The van der Waals surface area contributed by atoms with Crippen molar-refractivity contribution in [3.8, 4) is 11.3 Å². The van der Waals surface area contributed by atoms with Crippen molar-refractivity contribution in [2.45, 2.75) is 0 Å². The van der Waals surface area contributed by atoms with E-state index < -0.39 is 10.6 Å². The standard InChI is InChI=1S/C14H8Cl2N8O2S/c15-6-1-2-7(8(16)3-6)9-4-27-14-21-13(22-23(9)14)20-12-10(24(25)26)11(17)18-5-19-12/h1-5H,(H3,17,18,19,20,22). The maximum Gasteiger partial charge on any atom is 0.353 e. The first-order chi connectivity index (χ1) is 12.9. The Morgan fingerprint density at radius 3 is 2.85 bits per heavy atom. The summed E-state index contributed by atoms with van der Waals surface area (Å²) >= 11 is 13.5. The maximum absolute atomic E-state index is 11.2. The van der Waals surface area contributed by atoms with E-state index in [1.54, 1.807) is 22.7 Å². The Bertz CT molecular complexity index is 1190. The van der Waals surface area contributed by atoms with Crippen LogP contribution in [0.2, 0.25) is 10.0 Å². The Balaban J connectivity index is 1.75. The van der Waals surface area contributed by atoms with Gasteiger partial charge in [-0.25, -0.2) is 14.5 Å². The number of fused-ring (bicyclic) bond motifs is 1. The largest absolute Gasteiger partial charge is 0.378 e. The summed E-state index contributed by atoms with van der Waals surface area (Å²) < 4.78 is 1.57. The van der Waals surface area contributed by atoms with Crippen LogP contribution in [0.5, 0.6) is 0 Å². The van der Waals surface area contributed by atoms with Gasteiger partial charge in [0.2, 0.25) is 22.5 Å². The molecule has 0 atom stereocenters. The summed E-state index contributed by atoms with van der Waals surface area (Å²) in [5.41, 5.74) is 6.54. The van der Waals surface area contributed by atoms with E-state index in [2.05, 4.69) is 25.4 Å². The van der Waals surface area contributed by atoms with Gasteiger partial charge in [-0.15, -0.1) is 16.4 Å². The van der Waals surface area contributed by atoms with Crippen molar-refractivity contribution in [2.75, 3.05) is 11.1 Å². The summed E-state index contributed by atoms with van der Waals surface area (Å²) in [4.78, 5) is 22.9. The molecule has 136 valence electrons. The quantitative estimate of drug-likeness (QED) is 0.374. The maximum atomic E-state index is 11.2. The monoisotopic (exact) mass is 422 g/mol. The number of nitrogens with zero attached hydrogens (tertiary/aromatic N) is 6. The van der Waals surface area contributed by atoms with Crippen molar-refractivity contribution < 1.29 is 4.92 Å². The summed E-state index contributed by atoms with van der Waals surface area (Å²) in [6.45, 7) is 0. The van der Waals surface area contributed by atoms with Gasteiger partial charge in [0.15, 0.2) is 0 Å². The third-order valence-corrected chi connectivity index (χ3v) is 4.92. The van der Waals surface area contributed by atoms with E-state index in [0.29, 0.717) is 20.7 Å². The summed E-state index contributed by atoms with van der Waals surface area (Å²) in [6.07, 6.45) is 1.11. The van der Waals surface area contributed by atoms with Crippen molar-refractivity contribution in [3.05, 3.63) is 50.1 Å². The number of benzene rings is 1. The molecule has 13 heteroatoms. The highest BCUT2D eigenvalue weighted by Crippen LogP contribution is 2.34. The second-order valence-corrected chi connectivity index (χ2v) is 6.89. The fraction of sp³-hybridized carbons (Fsp3) is 0. The lowest BCUT2D eigenvalue weighted by atomic mass is 10.2.